The number of hydrogen-bond acceptors (Lipinski definition) is 4. The highest BCUT2D eigenvalue weighted by Gasteiger charge is 2.13. The number of carbonyl (C=O) groups is 1. The van der Waals surface area contributed by atoms with Crippen LogP contribution >= 0.6 is 0 Å². The number of fused-ring (bicyclic) bond motifs is 3. The number of aromatic nitrogens is 3. The van der Waals surface area contributed by atoms with Gasteiger partial charge in [-0.1, -0.05) is 18.2 Å². The molecule has 0 saturated carbocycles. The predicted octanol–water partition coefficient (Wildman–Crippen LogP) is 3.08. The zero-order valence-electron chi connectivity index (χ0n) is 13.0. The Bertz CT molecular complexity index is 836. The van der Waals surface area contributed by atoms with Crippen LogP contribution in [0.25, 0.3) is 16.6 Å². The minimum atomic E-state index is -0.205. The summed E-state index contributed by atoms with van der Waals surface area (Å²) >= 11 is 0. The number of carbonyl (C=O) groups excluding carboxylic acids is 1. The Balaban J connectivity index is 1.98. The van der Waals surface area contributed by atoms with E-state index in [1.165, 1.54) is 10.9 Å². The number of pyridine rings is 1. The lowest BCUT2D eigenvalue weighted by Crippen LogP contribution is -2.12. The van der Waals surface area contributed by atoms with Crippen LogP contribution in [0.2, 0.25) is 0 Å². The monoisotopic (exact) mass is 297 g/mol. The molecule has 0 spiro atoms. The highest BCUT2D eigenvalue weighted by Crippen LogP contribution is 2.22. The number of aryl methyl sites for hydroxylation is 2. The van der Waals surface area contributed by atoms with Crippen LogP contribution in [0.15, 0.2) is 30.3 Å². The van der Waals surface area contributed by atoms with Gasteiger partial charge in [-0.25, -0.2) is 0 Å². The molecule has 0 bridgehead atoms. The molecule has 22 heavy (non-hydrogen) atoms. The van der Waals surface area contributed by atoms with Crippen molar-refractivity contribution >= 4 is 22.5 Å². The molecule has 0 radical (unpaired) electrons. The Kier molecular flexibility index (Phi) is 3.79. The first-order chi connectivity index (χ1) is 10.6. The summed E-state index contributed by atoms with van der Waals surface area (Å²) in [6.07, 6.45) is 0.729. The third-order valence-corrected chi connectivity index (χ3v) is 3.59. The van der Waals surface area contributed by atoms with E-state index in [0.717, 1.165) is 17.0 Å². The van der Waals surface area contributed by atoms with E-state index in [0.29, 0.717) is 12.8 Å². The van der Waals surface area contributed by atoms with E-state index in [-0.39, 0.29) is 12.1 Å². The SMILES string of the molecule is Cc1cc2nnc(CCC(=O)OC(C)C)n2c2ccccc12. The fourth-order valence-corrected chi connectivity index (χ4v) is 2.66. The van der Waals surface area contributed by atoms with E-state index in [4.69, 9.17) is 4.74 Å². The van der Waals surface area contributed by atoms with Gasteiger partial charge in [0, 0.05) is 11.8 Å². The molecule has 0 unspecified atom stereocenters. The van der Waals surface area contributed by atoms with Crippen LogP contribution in [0.4, 0.5) is 0 Å². The summed E-state index contributed by atoms with van der Waals surface area (Å²) in [5, 5.41) is 9.64. The molecule has 2 aromatic heterocycles. The van der Waals surface area contributed by atoms with Crippen molar-refractivity contribution < 1.29 is 9.53 Å². The number of nitrogens with zero attached hydrogens (tertiary/aromatic N) is 3. The van der Waals surface area contributed by atoms with E-state index in [9.17, 15) is 4.79 Å². The van der Waals surface area contributed by atoms with Gasteiger partial charge in [-0.05, 0) is 38.5 Å². The molecule has 0 aliphatic carbocycles. The van der Waals surface area contributed by atoms with E-state index in [1.807, 2.05) is 36.4 Å². The van der Waals surface area contributed by atoms with Crippen molar-refractivity contribution in [1.29, 1.82) is 0 Å². The molecular weight excluding hydrogens is 278 g/mol. The first kappa shape index (κ1) is 14.5. The zero-order valence-corrected chi connectivity index (χ0v) is 13.0. The summed E-state index contributed by atoms with van der Waals surface area (Å²) in [5.41, 5.74) is 3.04. The fraction of sp³-hybridized carbons (Fsp3) is 0.353. The Morgan fingerprint density at radius 2 is 2.05 bits per heavy atom. The molecule has 2 heterocycles. The van der Waals surface area contributed by atoms with Crippen LogP contribution in [0.3, 0.4) is 0 Å². The second kappa shape index (κ2) is 5.75. The minimum absolute atomic E-state index is 0.0916. The second-order valence-electron chi connectivity index (χ2n) is 5.69. The number of rotatable bonds is 4. The maximum absolute atomic E-state index is 11.7. The van der Waals surface area contributed by atoms with Gasteiger partial charge >= 0.3 is 5.97 Å². The van der Waals surface area contributed by atoms with Crippen molar-refractivity contribution in [2.75, 3.05) is 0 Å². The lowest BCUT2D eigenvalue weighted by Gasteiger charge is -2.09. The van der Waals surface area contributed by atoms with Gasteiger partial charge in [-0.15, -0.1) is 10.2 Å². The third-order valence-electron chi connectivity index (χ3n) is 3.59. The van der Waals surface area contributed by atoms with E-state index in [1.54, 1.807) is 0 Å². The maximum Gasteiger partial charge on any atom is 0.306 e. The highest BCUT2D eigenvalue weighted by atomic mass is 16.5. The number of ether oxygens (including phenoxy) is 1. The van der Waals surface area contributed by atoms with Gasteiger partial charge in [0.25, 0.3) is 0 Å². The zero-order chi connectivity index (χ0) is 15.7. The van der Waals surface area contributed by atoms with Gasteiger partial charge in [0.15, 0.2) is 5.65 Å². The molecular formula is C17H19N3O2. The highest BCUT2D eigenvalue weighted by molar-refractivity contribution is 5.85. The standard InChI is InChI=1S/C17H19N3O2/c1-11(2)22-17(21)9-8-15-18-19-16-10-12(3)13-6-4-5-7-14(13)20(15)16/h4-7,10-11H,8-9H2,1-3H3. The molecule has 0 aliphatic heterocycles. The number of esters is 1. The van der Waals surface area contributed by atoms with Crippen LogP contribution in [0.1, 0.15) is 31.7 Å². The van der Waals surface area contributed by atoms with Gasteiger partial charge < -0.3 is 4.74 Å². The van der Waals surface area contributed by atoms with Gasteiger partial charge in [-0.3, -0.25) is 9.20 Å². The average molecular weight is 297 g/mol. The van der Waals surface area contributed by atoms with E-state index < -0.39 is 0 Å². The summed E-state index contributed by atoms with van der Waals surface area (Å²) in [6, 6.07) is 10.2. The van der Waals surface area contributed by atoms with Crippen molar-refractivity contribution in [1.82, 2.24) is 14.6 Å². The first-order valence-electron chi connectivity index (χ1n) is 7.48. The molecule has 0 N–H and O–H groups in total. The molecule has 0 atom stereocenters. The van der Waals surface area contributed by atoms with Crippen LogP contribution < -0.4 is 0 Å². The normalized spacial score (nSPS) is 11.5. The van der Waals surface area contributed by atoms with Crippen LogP contribution in [-0.2, 0) is 16.0 Å². The van der Waals surface area contributed by atoms with Crippen molar-refractivity contribution in [3.05, 3.63) is 41.7 Å². The topological polar surface area (TPSA) is 56.5 Å². The maximum atomic E-state index is 11.7. The summed E-state index contributed by atoms with van der Waals surface area (Å²) < 4.78 is 7.19. The lowest BCUT2D eigenvalue weighted by atomic mass is 10.1. The quantitative estimate of drug-likeness (QED) is 0.694. The van der Waals surface area contributed by atoms with Gasteiger partial charge in [0.2, 0.25) is 0 Å². The molecule has 3 rings (SSSR count). The summed E-state index contributed by atoms with van der Waals surface area (Å²) in [4.78, 5) is 11.7. The Hall–Kier alpha value is -2.43. The molecule has 0 amide bonds. The Labute approximate surface area is 128 Å². The van der Waals surface area contributed by atoms with Crippen molar-refractivity contribution in [3.63, 3.8) is 0 Å². The van der Waals surface area contributed by atoms with Gasteiger partial charge in [0.05, 0.1) is 18.0 Å². The smallest absolute Gasteiger partial charge is 0.306 e. The van der Waals surface area contributed by atoms with Gasteiger partial charge in [-0.2, -0.15) is 0 Å². The van der Waals surface area contributed by atoms with Crippen molar-refractivity contribution in [2.45, 2.75) is 39.7 Å². The minimum Gasteiger partial charge on any atom is -0.463 e. The van der Waals surface area contributed by atoms with Crippen LogP contribution in [0, 0.1) is 6.92 Å². The van der Waals surface area contributed by atoms with E-state index in [2.05, 4.69) is 29.3 Å². The molecule has 0 saturated heterocycles. The van der Waals surface area contributed by atoms with Gasteiger partial charge in [0.1, 0.15) is 5.82 Å². The van der Waals surface area contributed by atoms with Crippen LogP contribution in [0.5, 0.6) is 0 Å². The molecule has 3 aromatic rings. The molecule has 114 valence electrons. The molecule has 0 fully saturated rings. The summed E-state index contributed by atoms with van der Waals surface area (Å²) in [5.74, 6) is 0.579. The first-order valence-corrected chi connectivity index (χ1v) is 7.48. The molecule has 0 aliphatic rings. The third kappa shape index (κ3) is 2.66. The van der Waals surface area contributed by atoms with E-state index >= 15 is 0 Å². The largest absolute Gasteiger partial charge is 0.463 e. The fourth-order valence-electron chi connectivity index (χ4n) is 2.66. The second-order valence-corrected chi connectivity index (χ2v) is 5.69. The Morgan fingerprint density at radius 3 is 2.82 bits per heavy atom. The summed E-state index contributed by atoms with van der Waals surface area (Å²) in [6.45, 7) is 5.76. The Morgan fingerprint density at radius 1 is 1.27 bits per heavy atom. The lowest BCUT2D eigenvalue weighted by molar-refractivity contribution is -0.147. The predicted molar refractivity (Wildman–Crippen MR) is 84.8 cm³/mol. The number of hydrogen-bond donors (Lipinski definition) is 0. The van der Waals surface area contributed by atoms with Crippen molar-refractivity contribution in [2.24, 2.45) is 0 Å². The number of para-hydroxylation sites is 1. The molecule has 5 heteroatoms. The molecule has 5 nitrogen and oxygen atoms in total. The average Bonchev–Trinajstić information content (AvgIpc) is 2.88. The molecule has 1 aromatic carbocycles. The summed E-state index contributed by atoms with van der Waals surface area (Å²) in [7, 11) is 0. The van der Waals surface area contributed by atoms with Crippen molar-refractivity contribution in [3.8, 4) is 0 Å². The number of benzene rings is 1. The van der Waals surface area contributed by atoms with Crippen LogP contribution in [-0.4, -0.2) is 26.7 Å².